The van der Waals surface area contributed by atoms with E-state index in [0.717, 1.165) is 50.9 Å². The number of unbranched alkanes of at least 4 members (excludes halogenated alkanes) is 1. The fourth-order valence-corrected chi connectivity index (χ4v) is 3.63. The van der Waals surface area contributed by atoms with Gasteiger partial charge in [-0.2, -0.15) is 4.98 Å². The van der Waals surface area contributed by atoms with Gasteiger partial charge in [0.25, 0.3) is 0 Å². The molecule has 0 radical (unpaired) electrons. The molecule has 2 heterocycles. The van der Waals surface area contributed by atoms with Crippen molar-refractivity contribution in [3.05, 3.63) is 35.7 Å². The van der Waals surface area contributed by atoms with Gasteiger partial charge >= 0.3 is 0 Å². The molecule has 1 saturated heterocycles. The lowest BCUT2D eigenvalue weighted by atomic mass is 9.87. The van der Waals surface area contributed by atoms with E-state index in [4.69, 9.17) is 4.52 Å². The van der Waals surface area contributed by atoms with Gasteiger partial charge in [0, 0.05) is 18.0 Å². The fraction of sp³-hybridized carbons (Fsp3) is 0.609. The first-order valence-electron chi connectivity index (χ1n) is 10.8. The van der Waals surface area contributed by atoms with Crippen LogP contribution in [0.4, 0.5) is 0 Å². The smallest absolute Gasteiger partial charge is 0.241 e. The summed E-state index contributed by atoms with van der Waals surface area (Å²) in [6.45, 7) is 11.9. The summed E-state index contributed by atoms with van der Waals surface area (Å²) in [6, 6.07) is 8.36. The van der Waals surface area contributed by atoms with Crippen molar-refractivity contribution in [2.45, 2.75) is 65.3 Å². The number of piperidine rings is 1. The van der Waals surface area contributed by atoms with Crippen molar-refractivity contribution < 1.29 is 9.32 Å². The van der Waals surface area contributed by atoms with Gasteiger partial charge in [-0.25, -0.2) is 0 Å². The molecular weight excluding hydrogens is 364 g/mol. The second kappa shape index (κ2) is 9.53. The van der Waals surface area contributed by atoms with E-state index < -0.39 is 0 Å². The molecule has 1 aliphatic heterocycles. The lowest BCUT2D eigenvalue weighted by Crippen LogP contribution is -2.40. The van der Waals surface area contributed by atoms with Crippen LogP contribution >= 0.6 is 0 Å². The number of nitrogens with zero attached hydrogens (tertiary/aromatic N) is 3. The zero-order chi connectivity index (χ0) is 20.9. The predicted molar refractivity (Wildman–Crippen MR) is 114 cm³/mol. The van der Waals surface area contributed by atoms with Gasteiger partial charge in [0.05, 0.1) is 6.54 Å². The Bertz CT molecular complexity index is 784. The number of benzene rings is 1. The SMILES string of the molecule is CCCCNC(=O)C1CCN(Cc2nc(-c3ccc(C(C)(C)C)cc3)no2)CC1. The van der Waals surface area contributed by atoms with Crippen molar-refractivity contribution in [2.24, 2.45) is 5.92 Å². The molecular formula is C23H34N4O2. The lowest BCUT2D eigenvalue weighted by molar-refractivity contribution is -0.126. The number of carbonyl (C=O) groups is 1. The Morgan fingerprint density at radius 3 is 2.52 bits per heavy atom. The van der Waals surface area contributed by atoms with E-state index in [2.05, 4.69) is 72.3 Å². The number of likely N-dealkylation sites (tertiary alicyclic amines) is 1. The molecule has 1 aromatic carbocycles. The minimum atomic E-state index is 0.125. The summed E-state index contributed by atoms with van der Waals surface area (Å²) in [7, 11) is 0. The number of nitrogens with one attached hydrogen (secondary N) is 1. The van der Waals surface area contributed by atoms with Crippen LogP contribution < -0.4 is 5.32 Å². The van der Waals surface area contributed by atoms with E-state index in [-0.39, 0.29) is 17.2 Å². The first-order chi connectivity index (χ1) is 13.9. The maximum atomic E-state index is 12.2. The molecule has 1 fully saturated rings. The Balaban J connectivity index is 1.50. The van der Waals surface area contributed by atoms with Gasteiger partial charge in [-0.1, -0.05) is 63.5 Å². The fourth-order valence-electron chi connectivity index (χ4n) is 3.63. The highest BCUT2D eigenvalue weighted by Crippen LogP contribution is 2.25. The normalized spacial score (nSPS) is 16.1. The Labute approximate surface area is 174 Å². The third-order valence-corrected chi connectivity index (χ3v) is 5.62. The summed E-state index contributed by atoms with van der Waals surface area (Å²) in [5.41, 5.74) is 2.38. The molecule has 3 rings (SSSR count). The molecule has 0 saturated carbocycles. The van der Waals surface area contributed by atoms with E-state index in [1.807, 2.05) is 0 Å². The molecule has 1 amide bonds. The molecule has 0 spiro atoms. The molecule has 158 valence electrons. The lowest BCUT2D eigenvalue weighted by Gasteiger charge is -2.30. The van der Waals surface area contributed by atoms with Crippen LogP contribution in [0, 0.1) is 5.92 Å². The molecule has 0 bridgehead atoms. The maximum absolute atomic E-state index is 12.2. The Kier molecular flexibility index (Phi) is 7.06. The Morgan fingerprint density at radius 2 is 1.90 bits per heavy atom. The zero-order valence-corrected chi connectivity index (χ0v) is 18.2. The van der Waals surface area contributed by atoms with E-state index >= 15 is 0 Å². The monoisotopic (exact) mass is 398 g/mol. The van der Waals surface area contributed by atoms with Gasteiger partial charge in [0.15, 0.2) is 0 Å². The largest absolute Gasteiger partial charge is 0.356 e. The third kappa shape index (κ3) is 5.89. The number of hydrogen-bond donors (Lipinski definition) is 1. The Hall–Kier alpha value is -2.21. The van der Waals surface area contributed by atoms with Crippen LogP contribution in [-0.2, 0) is 16.8 Å². The highest BCUT2D eigenvalue weighted by atomic mass is 16.5. The van der Waals surface area contributed by atoms with Crippen molar-refractivity contribution in [2.75, 3.05) is 19.6 Å². The summed E-state index contributed by atoms with van der Waals surface area (Å²) in [4.78, 5) is 19.1. The number of hydrogen-bond acceptors (Lipinski definition) is 5. The van der Waals surface area contributed by atoms with Gasteiger partial charge in [-0.15, -0.1) is 0 Å². The highest BCUT2D eigenvalue weighted by molar-refractivity contribution is 5.78. The highest BCUT2D eigenvalue weighted by Gasteiger charge is 2.25. The van der Waals surface area contributed by atoms with Crippen molar-refractivity contribution in [1.29, 1.82) is 0 Å². The predicted octanol–water partition coefficient (Wildman–Crippen LogP) is 4.16. The first kappa shape index (κ1) is 21.5. The Morgan fingerprint density at radius 1 is 1.21 bits per heavy atom. The van der Waals surface area contributed by atoms with Crippen molar-refractivity contribution in [3.8, 4) is 11.4 Å². The molecule has 1 N–H and O–H groups in total. The number of carbonyl (C=O) groups excluding carboxylic acids is 1. The molecule has 0 unspecified atom stereocenters. The second-order valence-corrected chi connectivity index (χ2v) is 9.03. The van der Waals surface area contributed by atoms with E-state index in [9.17, 15) is 4.79 Å². The quantitative estimate of drug-likeness (QED) is 0.709. The molecule has 1 aromatic heterocycles. The van der Waals surface area contributed by atoms with Crippen LogP contribution in [0.15, 0.2) is 28.8 Å². The summed E-state index contributed by atoms with van der Waals surface area (Å²) in [5, 5.41) is 7.21. The number of amides is 1. The molecule has 29 heavy (non-hydrogen) atoms. The summed E-state index contributed by atoms with van der Waals surface area (Å²) in [5.74, 6) is 1.59. The topological polar surface area (TPSA) is 71.3 Å². The van der Waals surface area contributed by atoms with E-state index in [1.165, 1.54) is 5.56 Å². The van der Waals surface area contributed by atoms with Gasteiger partial charge in [-0.05, 0) is 43.3 Å². The number of rotatable bonds is 7. The molecule has 1 aliphatic rings. The van der Waals surface area contributed by atoms with E-state index in [1.54, 1.807) is 0 Å². The molecule has 2 aromatic rings. The molecule has 6 nitrogen and oxygen atoms in total. The van der Waals surface area contributed by atoms with Crippen LogP contribution in [0.5, 0.6) is 0 Å². The summed E-state index contributed by atoms with van der Waals surface area (Å²) >= 11 is 0. The van der Waals surface area contributed by atoms with Gasteiger partial charge in [-0.3, -0.25) is 9.69 Å². The van der Waals surface area contributed by atoms with Crippen LogP contribution in [0.3, 0.4) is 0 Å². The van der Waals surface area contributed by atoms with Crippen LogP contribution in [0.25, 0.3) is 11.4 Å². The van der Waals surface area contributed by atoms with Crippen LogP contribution in [0.1, 0.15) is 64.8 Å². The number of aromatic nitrogens is 2. The van der Waals surface area contributed by atoms with E-state index in [0.29, 0.717) is 18.3 Å². The average molecular weight is 399 g/mol. The molecule has 6 heteroatoms. The standard InChI is InChI=1S/C23H34N4O2/c1-5-6-13-24-22(28)18-11-14-27(15-12-18)16-20-25-21(26-29-20)17-7-9-19(10-8-17)23(2,3)4/h7-10,18H,5-6,11-16H2,1-4H3,(H,24,28). The first-order valence-corrected chi connectivity index (χ1v) is 10.8. The molecule has 0 aliphatic carbocycles. The minimum absolute atomic E-state index is 0.125. The zero-order valence-electron chi connectivity index (χ0n) is 18.2. The van der Waals surface area contributed by atoms with Gasteiger partial charge < -0.3 is 9.84 Å². The van der Waals surface area contributed by atoms with Gasteiger partial charge in [0.1, 0.15) is 0 Å². The van der Waals surface area contributed by atoms with Crippen molar-refractivity contribution in [1.82, 2.24) is 20.4 Å². The second-order valence-electron chi connectivity index (χ2n) is 9.03. The maximum Gasteiger partial charge on any atom is 0.241 e. The van der Waals surface area contributed by atoms with Crippen molar-refractivity contribution >= 4 is 5.91 Å². The summed E-state index contributed by atoms with van der Waals surface area (Å²) in [6.07, 6.45) is 3.91. The van der Waals surface area contributed by atoms with Crippen LogP contribution in [-0.4, -0.2) is 40.6 Å². The van der Waals surface area contributed by atoms with Crippen molar-refractivity contribution in [3.63, 3.8) is 0 Å². The van der Waals surface area contributed by atoms with Crippen LogP contribution in [0.2, 0.25) is 0 Å². The third-order valence-electron chi connectivity index (χ3n) is 5.62. The average Bonchev–Trinajstić information content (AvgIpc) is 3.16. The minimum Gasteiger partial charge on any atom is -0.356 e. The summed E-state index contributed by atoms with van der Waals surface area (Å²) < 4.78 is 5.48. The van der Waals surface area contributed by atoms with Gasteiger partial charge in [0.2, 0.25) is 17.6 Å². The molecule has 0 atom stereocenters.